The highest BCUT2D eigenvalue weighted by Crippen LogP contribution is 2.22. The Labute approximate surface area is 140 Å². The molecule has 2 aromatic rings. The van der Waals surface area contributed by atoms with Crippen molar-refractivity contribution in [3.05, 3.63) is 59.9 Å². The molecule has 0 saturated carbocycles. The lowest BCUT2D eigenvalue weighted by Crippen LogP contribution is -2.22. The van der Waals surface area contributed by atoms with E-state index in [9.17, 15) is 9.18 Å². The molecule has 0 aromatic heterocycles. The number of thioether (sulfide) groups is 1. The van der Waals surface area contributed by atoms with Crippen LogP contribution in [0.15, 0.2) is 48.5 Å². The van der Waals surface area contributed by atoms with E-state index in [0.717, 1.165) is 11.4 Å². The number of carbonyl (C=O) groups excluding carboxylic acids is 1. The number of rotatable bonds is 7. The molecule has 3 nitrogen and oxygen atoms in total. The third-order valence-electron chi connectivity index (χ3n) is 3.25. The largest absolute Gasteiger partial charge is 0.494 e. The molecule has 2 aromatic carbocycles. The Kier molecular flexibility index (Phi) is 6.47. The number of carbonyl (C=O) groups is 1. The zero-order valence-electron chi connectivity index (χ0n) is 13.2. The first-order valence-electron chi connectivity index (χ1n) is 7.49. The first-order valence-corrected chi connectivity index (χ1v) is 8.53. The summed E-state index contributed by atoms with van der Waals surface area (Å²) in [7, 11) is 0. The summed E-state index contributed by atoms with van der Waals surface area (Å²) in [4.78, 5) is 12.2. The Morgan fingerprint density at radius 1 is 1.22 bits per heavy atom. The van der Waals surface area contributed by atoms with Gasteiger partial charge in [0.05, 0.1) is 11.9 Å². The van der Waals surface area contributed by atoms with Crippen molar-refractivity contribution in [3.63, 3.8) is 0 Å². The molecule has 0 saturated heterocycles. The number of benzene rings is 2. The van der Waals surface area contributed by atoms with Crippen LogP contribution in [0.2, 0.25) is 0 Å². The van der Waals surface area contributed by atoms with Gasteiger partial charge >= 0.3 is 0 Å². The number of anilines is 1. The highest BCUT2D eigenvalue weighted by molar-refractivity contribution is 7.99. The molecule has 1 N–H and O–H groups in total. The van der Waals surface area contributed by atoms with Crippen molar-refractivity contribution in [3.8, 4) is 5.75 Å². The summed E-state index contributed by atoms with van der Waals surface area (Å²) in [5, 5.41) is 2.58. The highest BCUT2D eigenvalue weighted by Gasteiger charge is 2.14. The minimum Gasteiger partial charge on any atom is -0.494 e. The summed E-state index contributed by atoms with van der Waals surface area (Å²) in [5.41, 5.74) is 1.33. The molecular weight excluding hydrogens is 313 g/mol. The van der Waals surface area contributed by atoms with E-state index in [0.29, 0.717) is 17.9 Å². The smallest absolute Gasteiger partial charge is 0.237 e. The van der Waals surface area contributed by atoms with Crippen LogP contribution < -0.4 is 10.1 Å². The minimum atomic E-state index is -0.277. The summed E-state index contributed by atoms with van der Waals surface area (Å²) in [6.07, 6.45) is 0. The van der Waals surface area contributed by atoms with Crippen molar-refractivity contribution in [1.29, 1.82) is 0 Å². The Morgan fingerprint density at radius 2 is 1.91 bits per heavy atom. The van der Waals surface area contributed by atoms with Gasteiger partial charge in [0.2, 0.25) is 5.91 Å². The lowest BCUT2D eigenvalue weighted by molar-refractivity contribution is -0.115. The fourth-order valence-corrected chi connectivity index (χ4v) is 2.82. The van der Waals surface area contributed by atoms with Crippen molar-refractivity contribution in [2.45, 2.75) is 24.9 Å². The second kappa shape index (κ2) is 8.58. The van der Waals surface area contributed by atoms with Crippen LogP contribution in [0.1, 0.15) is 19.4 Å². The molecule has 0 aliphatic carbocycles. The van der Waals surface area contributed by atoms with Crippen LogP contribution in [-0.4, -0.2) is 17.8 Å². The number of nitrogens with one attached hydrogen (secondary N) is 1. The van der Waals surface area contributed by atoms with Gasteiger partial charge in [0.15, 0.2) is 0 Å². The number of hydrogen-bond acceptors (Lipinski definition) is 3. The minimum absolute atomic E-state index is 0.101. The third kappa shape index (κ3) is 5.28. The van der Waals surface area contributed by atoms with Crippen LogP contribution in [0, 0.1) is 5.82 Å². The van der Waals surface area contributed by atoms with Gasteiger partial charge in [0.25, 0.3) is 0 Å². The van der Waals surface area contributed by atoms with Crippen molar-refractivity contribution in [1.82, 2.24) is 0 Å². The molecular formula is C18H20FNO2S. The molecule has 0 fully saturated rings. The van der Waals surface area contributed by atoms with Gasteiger partial charge in [-0.1, -0.05) is 18.2 Å². The van der Waals surface area contributed by atoms with Crippen molar-refractivity contribution >= 4 is 23.4 Å². The van der Waals surface area contributed by atoms with Crippen LogP contribution >= 0.6 is 11.8 Å². The van der Waals surface area contributed by atoms with Gasteiger partial charge in [-0.05, 0) is 49.7 Å². The molecule has 23 heavy (non-hydrogen) atoms. The second-order valence-electron chi connectivity index (χ2n) is 4.99. The molecule has 1 atom stereocenters. The van der Waals surface area contributed by atoms with E-state index in [1.807, 2.05) is 26.0 Å². The topological polar surface area (TPSA) is 38.3 Å². The molecule has 0 aliphatic heterocycles. The maximum absolute atomic E-state index is 13.6. The molecule has 2 rings (SSSR count). The molecule has 0 aliphatic rings. The zero-order valence-corrected chi connectivity index (χ0v) is 14.0. The molecule has 0 heterocycles. The van der Waals surface area contributed by atoms with Crippen molar-refractivity contribution < 1.29 is 13.9 Å². The van der Waals surface area contributed by atoms with Gasteiger partial charge in [-0.3, -0.25) is 4.79 Å². The summed E-state index contributed by atoms with van der Waals surface area (Å²) in [6.45, 7) is 4.34. The molecule has 0 radical (unpaired) electrons. The van der Waals surface area contributed by atoms with E-state index in [1.54, 1.807) is 30.3 Å². The third-order valence-corrected chi connectivity index (χ3v) is 4.44. The van der Waals surface area contributed by atoms with E-state index < -0.39 is 0 Å². The fourth-order valence-electron chi connectivity index (χ4n) is 1.95. The number of amides is 1. The highest BCUT2D eigenvalue weighted by atomic mass is 32.2. The number of hydrogen-bond donors (Lipinski definition) is 1. The maximum Gasteiger partial charge on any atom is 0.237 e. The zero-order chi connectivity index (χ0) is 16.7. The molecule has 0 bridgehead atoms. The van der Waals surface area contributed by atoms with Gasteiger partial charge in [0.1, 0.15) is 11.6 Å². The maximum atomic E-state index is 13.6. The Morgan fingerprint density at radius 3 is 2.57 bits per heavy atom. The van der Waals surface area contributed by atoms with E-state index in [4.69, 9.17) is 4.74 Å². The summed E-state index contributed by atoms with van der Waals surface area (Å²) < 4.78 is 18.9. The van der Waals surface area contributed by atoms with Crippen LogP contribution in [0.4, 0.5) is 10.1 Å². The summed E-state index contributed by atoms with van der Waals surface area (Å²) in [6, 6.07) is 13.9. The Bertz CT molecular complexity index is 646. The lowest BCUT2D eigenvalue weighted by atomic mass is 10.2. The van der Waals surface area contributed by atoms with Gasteiger partial charge < -0.3 is 10.1 Å². The van der Waals surface area contributed by atoms with E-state index >= 15 is 0 Å². The van der Waals surface area contributed by atoms with Crippen LogP contribution in [0.5, 0.6) is 5.75 Å². The van der Waals surface area contributed by atoms with Crippen molar-refractivity contribution in [2.24, 2.45) is 0 Å². The predicted molar refractivity (Wildman–Crippen MR) is 93.4 cm³/mol. The lowest BCUT2D eigenvalue weighted by Gasteiger charge is -2.13. The first-order chi connectivity index (χ1) is 11.1. The second-order valence-corrected chi connectivity index (χ2v) is 6.32. The van der Waals surface area contributed by atoms with Gasteiger partial charge in [0, 0.05) is 11.4 Å². The normalized spacial score (nSPS) is 11.8. The SMILES string of the molecule is CCOc1ccc(NC(=O)C(C)SCc2ccccc2F)cc1. The van der Waals surface area contributed by atoms with E-state index in [1.165, 1.54) is 17.8 Å². The van der Waals surface area contributed by atoms with Gasteiger partial charge in [-0.2, -0.15) is 0 Å². The Balaban J connectivity index is 1.86. The van der Waals surface area contributed by atoms with Crippen LogP contribution in [0.25, 0.3) is 0 Å². The molecule has 122 valence electrons. The van der Waals surface area contributed by atoms with E-state index in [-0.39, 0.29) is 17.0 Å². The summed E-state index contributed by atoms with van der Waals surface area (Å²) in [5.74, 6) is 0.895. The number of halogens is 1. The number of ether oxygens (including phenoxy) is 1. The average molecular weight is 333 g/mol. The molecule has 5 heteroatoms. The quantitative estimate of drug-likeness (QED) is 0.811. The predicted octanol–water partition coefficient (Wildman–Crippen LogP) is 4.48. The fraction of sp³-hybridized carbons (Fsp3) is 0.278. The molecule has 1 amide bonds. The first kappa shape index (κ1) is 17.3. The molecule has 0 spiro atoms. The average Bonchev–Trinajstić information content (AvgIpc) is 2.56. The molecule has 1 unspecified atom stereocenters. The van der Waals surface area contributed by atoms with Crippen LogP contribution in [-0.2, 0) is 10.5 Å². The van der Waals surface area contributed by atoms with Gasteiger partial charge in [-0.25, -0.2) is 4.39 Å². The monoisotopic (exact) mass is 333 g/mol. The summed E-state index contributed by atoms with van der Waals surface area (Å²) >= 11 is 1.41. The van der Waals surface area contributed by atoms with E-state index in [2.05, 4.69) is 5.32 Å². The Hall–Kier alpha value is -2.01. The standard InChI is InChI=1S/C18H20FNO2S/c1-3-22-16-10-8-15(9-11-16)20-18(21)13(2)23-12-14-6-4-5-7-17(14)19/h4-11,13H,3,12H2,1-2H3,(H,20,21). The van der Waals surface area contributed by atoms with Crippen molar-refractivity contribution in [2.75, 3.05) is 11.9 Å². The van der Waals surface area contributed by atoms with Gasteiger partial charge in [-0.15, -0.1) is 11.8 Å². The van der Waals surface area contributed by atoms with Crippen LogP contribution in [0.3, 0.4) is 0 Å².